The standard InChI is InChI=1S/C20H17N3O2S2/c1-13-18(19(24)23(22-13)15-6-4-3-5-7-15)27-20-21-17(12-26-20)14-8-10-16(25-2)11-9-14/h3-12,18H,1-2H3/t18-/m1/s1. The predicted molar refractivity (Wildman–Crippen MR) is 111 cm³/mol. The third-order valence-corrected chi connectivity index (χ3v) is 6.44. The lowest BCUT2D eigenvalue weighted by Gasteiger charge is -2.13. The number of aromatic nitrogens is 1. The third kappa shape index (κ3) is 3.61. The van der Waals surface area contributed by atoms with Crippen molar-refractivity contribution in [2.75, 3.05) is 12.1 Å². The molecule has 1 aliphatic rings. The summed E-state index contributed by atoms with van der Waals surface area (Å²) in [4.78, 5) is 17.5. The Bertz CT molecular complexity index is 984. The maximum absolute atomic E-state index is 12.8. The van der Waals surface area contributed by atoms with E-state index in [9.17, 15) is 4.79 Å². The Kier molecular flexibility index (Phi) is 4.96. The van der Waals surface area contributed by atoms with Crippen molar-refractivity contribution in [3.8, 4) is 17.0 Å². The zero-order chi connectivity index (χ0) is 18.8. The monoisotopic (exact) mass is 395 g/mol. The SMILES string of the molecule is COc1ccc(-c2csc(S[C@H]3C(=O)N(c4ccccc4)N=C3C)n2)cc1. The van der Waals surface area contributed by atoms with Crippen molar-refractivity contribution in [3.63, 3.8) is 0 Å². The second kappa shape index (κ2) is 7.54. The fraction of sp³-hybridized carbons (Fsp3) is 0.150. The summed E-state index contributed by atoms with van der Waals surface area (Å²) in [7, 11) is 1.65. The van der Waals surface area contributed by atoms with Crippen LogP contribution >= 0.6 is 23.1 Å². The van der Waals surface area contributed by atoms with Crippen LogP contribution < -0.4 is 9.75 Å². The molecule has 5 nitrogen and oxygen atoms in total. The molecular formula is C20H17N3O2S2. The zero-order valence-corrected chi connectivity index (χ0v) is 16.5. The number of rotatable bonds is 5. The fourth-order valence-electron chi connectivity index (χ4n) is 2.75. The average Bonchev–Trinajstić information content (AvgIpc) is 3.29. The van der Waals surface area contributed by atoms with Gasteiger partial charge in [-0.25, -0.2) is 4.98 Å². The molecule has 0 bridgehead atoms. The van der Waals surface area contributed by atoms with Crippen LogP contribution in [0.5, 0.6) is 5.75 Å². The first-order valence-electron chi connectivity index (χ1n) is 8.36. The number of amides is 1. The lowest BCUT2D eigenvalue weighted by molar-refractivity contribution is -0.116. The van der Waals surface area contributed by atoms with Crippen LogP contribution in [0.4, 0.5) is 5.69 Å². The summed E-state index contributed by atoms with van der Waals surface area (Å²) in [5.74, 6) is 0.776. The molecule has 0 saturated carbocycles. The van der Waals surface area contributed by atoms with Crippen molar-refractivity contribution in [2.24, 2.45) is 5.10 Å². The maximum Gasteiger partial charge on any atom is 0.266 e. The topological polar surface area (TPSA) is 54.8 Å². The van der Waals surface area contributed by atoms with Gasteiger partial charge in [0.15, 0.2) is 4.34 Å². The third-order valence-electron chi connectivity index (χ3n) is 4.16. The molecule has 0 unspecified atom stereocenters. The van der Waals surface area contributed by atoms with E-state index in [0.29, 0.717) is 0 Å². The number of nitrogens with zero attached hydrogens (tertiary/aromatic N) is 3. The first-order valence-corrected chi connectivity index (χ1v) is 10.1. The van der Waals surface area contributed by atoms with Crippen molar-refractivity contribution in [2.45, 2.75) is 16.5 Å². The second-order valence-corrected chi connectivity index (χ2v) is 8.16. The van der Waals surface area contributed by atoms with Crippen LogP contribution in [0.15, 0.2) is 69.4 Å². The summed E-state index contributed by atoms with van der Waals surface area (Å²) >= 11 is 2.99. The van der Waals surface area contributed by atoms with Crippen LogP contribution in [0.1, 0.15) is 6.92 Å². The van der Waals surface area contributed by atoms with Gasteiger partial charge in [-0.2, -0.15) is 10.1 Å². The molecule has 0 spiro atoms. The Labute approximate surface area is 165 Å². The number of benzene rings is 2. The molecule has 1 amide bonds. The van der Waals surface area contributed by atoms with Gasteiger partial charge in [0.2, 0.25) is 0 Å². The predicted octanol–water partition coefficient (Wildman–Crippen LogP) is 4.70. The van der Waals surface area contributed by atoms with Crippen LogP contribution in [0, 0.1) is 0 Å². The molecule has 2 aromatic carbocycles. The minimum absolute atomic E-state index is 0.0371. The van der Waals surface area contributed by atoms with Gasteiger partial charge in [-0.15, -0.1) is 11.3 Å². The van der Waals surface area contributed by atoms with Gasteiger partial charge in [0.1, 0.15) is 11.0 Å². The summed E-state index contributed by atoms with van der Waals surface area (Å²) in [6, 6.07) is 17.3. The highest BCUT2D eigenvalue weighted by molar-refractivity contribution is 8.03. The molecule has 0 N–H and O–H groups in total. The van der Waals surface area contributed by atoms with Crippen molar-refractivity contribution >= 4 is 40.4 Å². The molecule has 4 rings (SSSR count). The van der Waals surface area contributed by atoms with E-state index in [1.807, 2.05) is 66.9 Å². The lowest BCUT2D eigenvalue weighted by atomic mass is 10.2. The van der Waals surface area contributed by atoms with E-state index < -0.39 is 0 Å². The molecule has 0 radical (unpaired) electrons. The highest BCUT2D eigenvalue weighted by atomic mass is 32.2. The van der Waals surface area contributed by atoms with Crippen LogP contribution in [0.3, 0.4) is 0 Å². The van der Waals surface area contributed by atoms with Gasteiger partial charge in [0.25, 0.3) is 5.91 Å². The van der Waals surface area contributed by atoms with Crippen molar-refractivity contribution in [1.82, 2.24) is 4.98 Å². The number of methoxy groups -OCH3 is 1. The van der Waals surface area contributed by atoms with Gasteiger partial charge in [-0.1, -0.05) is 30.0 Å². The summed E-state index contributed by atoms with van der Waals surface area (Å²) in [6.45, 7) is 1.89. The molecule has 7 heteroatoms. The number of ether oxygens (including phenoxy) is 1. The van der Waals surface area contributed by atoms with E-state index in [-0.39, 0.29) is 11.2 Å². The normalized spacial score (nSPS) is 16.5. The van der Waals surface area contributed by atoms with Gasteiger partial charge in [-0.3, -0.25) is 4.79 Å². The molecule has 1 aromatic heterocycles. The van der Waals surface area contributed by atoms with Gasteiger partial charge < -0.3 is 4.74 Å². The minimum atomic E-state index is -0.347. The van der Waals surface area contributed by atoms with Crippen LogP contribution in [0.25, 0.3) is 11.3 Å². The number of hydrazone groups is 1. The van der Waals surface area contributed by atoms with Crippen molar-refractivity contribution in [3.05, 3.63) is 60.0 Å². The molecule has 0 fully saturated rings. The quantitative estimate of drug-likeness (QED) is 0.628. The van der Waals surface area contributed by atoms with E-state index in [0.717, 1.165) is 32.7 Å². The Balaban J connectivity index is 1.50. The highest BCUT2D eigenvalue weighted by Crippen LogP contribution is 2.35. The van der Waals surface area contributed by atoms with E-state index in [2.05, 4.69) is 10.1 Å². The number of hydrogen-bond donors (Lipinski definition) is 0. The molecule has 136 valence electrons. The molecule has 3 aromatic rings. The average molecular weight is 396 g/mol. The number of hydrogen-bond acceptors (Lipinski definition) is 6. The zero-order valence-electron chi connectivity index (χ0n) is 14.8. The Morgan fingerprint density at radius 3 is 2.56 bits per heavy atom. The smallest absolute Gasteiger partial charge is 0.266 e. The van der Waals surface area contributed by atoms with Gasteiger partial charge >= 0.3 is 0 Å². The number of thioether (sulfide) groups is 1. The molecule has 0 aliphatic carbocycles. The van der Waals surface area contributed by atoms with E-state index in [1.54, 1.807) is 7.11 Å². The second-order valence-electron chi connectivity index (χ2n) is 5.95. The van der Waals surface area contributed by atoms with Gasteiger partial charge in [0.05, 0.1) is 24.2 Å². The molecule has 1 aliphatic heterocycles. The number of para-hydroxylation sites is 1. The van der Waals surface area contributed by atoms with Crippen LogP contribution in [0.2, 0.25) is 0 Å². The Morgan fingerprint density at radius 2 is 1.85 bits per heavy atom. The number of carbonyl (C=O) groups is 1. The maximum atomic E-state index is 12.8. The first kappa shape index (κ1) is 17.8. The first-order chi connectivity index (χ1) is 13.2. The van der Waals surface area contributed by atoms with E-state index >= 15 is 0 Å². The molecule has 27 heavy (non-hydrogen) atoms. The largest absolute Gasteiger partial charge is 0.497 e. The van der Waals surface area contributed by atoms with Gasteiger partial charge in [0, 0.05) is 10.9 Å². The molecule has 0 saturated heterocycles. The summed E-state index contributed by atoms with van der Waals surface area (Å²) in [5.41, 5.74) is 3.48. The molecule has 1 atom stereocenters. The lowest BCUT2D eigenvalue weighted by Crippen LogP contribution is -2.28. The molecule has 2 heterocycles. The van der Waals surface area contributed by atoms with Crippen molar-refractivity contribution < 1.29 is 9.53 Å². The van der Waals surface area contributed by atoms with Gasteiger partial charge in [-0.05, 0) is 43.3 Å². The fourth-order valence-corrected chi connectivity index (χ4v) is 4.72. The summed E-state index contributed by atoms with van der Waals surface area (Å²) < 4.78 is 6.04. The van der Waals surface area contributed by atoms with Crippen LogP contribution in [-0.2, 0) is 4.79 Å². The number of anilines is 1. The molecular weight excluding hydrogens is 378 g/mol. The van der Waals surface area contributed by atoms with E-state index in [4.69, 9.17) is 4.74 Å². The summed E-state index contributed by atoms with van der Waals surface area (Å²) in [6.07, 6.45) is 0. The minimum Gasteiger partial charge on any atom is -0.497 e. The number of thiazole rings is 1. The van der Waals surface area contributed by atoms with E-state index in [1.165, 1.54) is 28.1 Å². The number of carbonyl (C=O) groups excluding carboxylic acids is 1. The summed E-state index contributed by atoms with van der Waals surface area (Å²) in [5, 5.41) is 7.58. The Morgan fingerprint density at radius 1 is 1.11 bits per heavy atom. The van der Waals surface area contributed by atoms with Crippen molar-refractivity contribution in [1.29, 1.82) is 0 Å². The Hall–Kier alpha value is -2.64. The van der Waals surface area contributed by atoms with Crippen LogP contribution in [-0.4, -0.2) is 29.0 Å². The highest BCUT2D eigenvalue weighted by Gasteiger charge is 2.35.